The number of nitrogens with zero attached hydrogens (tertiary/aromatic N) is 2. The van der Waals surface area contributed by atoms with Crippen LogP contribution in [0.25, 0.3) is 10.7 Å². The Kier molecular flexibility index (Phi) is 3.10. The quantitative estimate of drug-likeness (QED) is 0.911. The molecule has 2 aromatic rings. The predicted molar refractivity (Wildman–Crippen MR) is 77.6 cm³/mol. The molecule has 0 radical (unpaired) electrons. The molecule has 0 spiro atoms. The monoisotopic (exact) mass is 327 g/mol. The summed E-state index contributed by atoms with van der Waals surface area (Å²) in [6.07, 6.45) is 0. The number of hydrogen-bond acceptors (Lipinski definition) is 5. The molecule has 0 amide bonds. The highest BCUT2D eigenvalue weighted by atomic mass is 79.9. The normalized spacial score (nSPS) is 13.8. The number of thioether (sulfide) groups is 1. The summed E-state index contributed by atoms with van der Waals surface area (Å²) in [5.41, 5.74) is 2.44. The lowest BCUT2D eigenvalue weighted by Gasteiger charge is -2.07. The van der Waals surface area contributed by atoms with Gasteiger partial charge in [-0.05, 0) is 22.0 Å². The number of thiophene rings is 1. The first-order chi connectivity index (χ1) is 8.28. The number of fused-ring (bicyclic) bond motifs is 1. The predicted octanol–water partition coefficient (Wildman–Crippen LogP) is 3.76. The molecule has 1 aliphatic heterocycles. The Balaban J connectivity index is 2.12. The number of nitrogens with one attached hydrogen (secondary N) is 1. The molecule has 6 heteroatoms. The summed E-state index contributed by atoms with van der Waals surface area (Å²) in [5.74, 6) is 3.80. The molecule has 0 aliphatic carbocycles. The fourth-order valence-corrected chi connectivity index (χ4v) is 4.20. The molecular weight excluding hydrogens is 318 g/mol. The molecule has 0 atom stereocenters. The standard InChI is InChI=1S/C11H10BrN3S2/c1-13-10-7-4-16-5-8(7)14-11(15-10)9-2-6(12)3-17-9/h2-3H,4-5H2,1H3,(H,13,14,15). The lowest BCUT2D eigenvalue weighted by Crippen LogP contribution is -2.02. The van der Waals surface area contributed by atoms with Crippen LogP contribution in [0.2, 0.25) is 0 Å². The Morgan fingerprint density at radius 3 is 2.94 bits per heavy atom. The van der Waals surface area contributed by atoms with Gasteiger partial charge in [0.15, 0.2) is 5.82 Å². The first-order valence-electron chi connectivity index (χ1n) is 5.17. The average Bonchev–Trinajstić information content (AvgIpc) is 2.95. The van der Waals surface area contributed by atoms with E-state index >= 15 is 0 Å². The van der Waals surface area contributed by atoms with Crippen molar-refractivity contribution in [2.24, 2.45) is 0 Å². The maximum Gasteiger partial charge on any atom is 0.171 e. The van der Waals surface area contributed by atoms with Crippen LogP contribution in [0, 0.1) is 0 Å². The van der Waals surface area contributed by atoms with Gasteiger partial charge in [0, 0.05) is 34.0 Å². The van der Waals surface area contributed by atoms with Gasteiger partial charge < -0.3 is 5.32 Å². The van der Waals surface area contributed by atoms with Crippen molar-refractivity contribution < 1.29 is 0 Å². The van der Waals surface area contributed by atoms with Gasteiger partial charge in [0.1, 0.15) is 5.82 Å². The van der Waals surface area contributed by atoms with Crippen molar-refractivity contribution in [1.82, 2.24) is 9.97 Å². The van der Waals surface area contributed by atoms with E-state index in [1.54, 1.807) is 11.3 Å². The van der Waals surface area contributed by atoms with E-state index in [4.69, 9.17) is 0 Å². The van der Waals surface area contributed by atoms with E-state index in [9.17, 15) is 0 Å². The highest BCUT2D eigenvalue weighted by Gasteiger charge is 2.20. The molecule has 0 aromatic carbocycles. The van der Waals surface area contributed by atoms with E-state index in [1.165, 1.54) is 11.3 Å². The van der Waals surface area contributed by atoms with Crippen molar-refractivity contribution in [2.75, 3.05) is 12.4 Å². The van der Waals surface area contributed by atoms with Gasteiger partial charge in [-0.2, -0.15) is 11.8 Å². The van der Waals surface area contributed by atoms with Gasteiger partial charge in [0.05, 0.1) is 10.6 Å². The molecule has 1 N–H and O–H groups in total. The van der Waals surface area contributed by atoms with Gasteiger partial charge in [-0.1, -0.05) is 0 Å². The highest BCUT2D eigenvalue weighted by Crippen LogP contribution is 2.35. The molecule has 0 bridgehead atoms. The van der Waals surface area contributed by atoms with E-state index in [-0.39, 0.29) is 0 Å². The summed E-state index contributed by atoms with van der Waals surface area (Å²) in [6.45, 7) is 0. The van der Waals surface area contributed by atoms with E-state index in [0.717, 1.165) is 32.5 Å². The maximum atomic E-state index is 4.66. The van der Waals surface area contributed by atoms with Crippen molar-refractivity contribution in [3.8, 4) is 10.7 Å². The lowest BCUT2D eigenvalue weighted by atomic mass is 10.2. The molecule has 17 heavy (non-hydrogen) atoms. The van der Waals surface area contributed by atoms with Crippen LogP contribution in [0.5, 0.6) is 0 Å². The van der Waals surface area contributed by atoms with Crippen molar-refractivity contribution >= 4 is 44.8 Å². The fourth-order valence-electron chi connectivity index (χ4n) is 1.80. The Hall–Kier alpha value is -0.590. The highest BCUT2D eigenvalue weighted by molar-refractivity contribution is 9.10. The summed E-state index contributed by atoms with van der Waals surface area (Å²) in [6, 6.07) is 2.06. The van der Waals surface area contributed by atoms with Crippen LogP contribution in [0.3, 0.4) is 0 Å². The van der Waals surface area contributed by atoms with Crippen LogP contribution < -0.4 is 5.32 Å². The molecule has 1 aliphatic rings. The van der Waals surface area contributed by atoms with E-state index in [0.29, 0.717) is 0 Å². The summed E-state index contributed by atoms with van der Waals surface area (Å²) in [5, 5.41) is 5.23. The zero-order chi connectivity index (χ0) is 11.8. The first-order valence-corrected chi connectivity index (χ1v) is 8.00. The SMILES string of the molecule is CNc1nc(-c2cc(Br)cs2)nc2c1CSC2. The minimum atomic E-state index is 0.825. The Morgan fingerprint density at radius 2 is 2.24 bits per heavy atom. The van der Waals surface area contributed by atoms with Crippen LogP contribution in [0.4, 0.5) is 5.82 Å². The second-order valence-electron chi connectivity index (χ2n) is 3.69. The summed E-state index contributed by atoms with van der Waals surface area (Å²) >= 11 is 7.02. The van der Waals surface area contributed by atoms with Crippen molar-refractivity contribution in [3.63, 3.8) is 0 Å². The molecule has 3 rings (SSSR count). The molecule has 0 unspecified atom stereocenters. The molecular formula is C11H10BrN3S2. The largest absolute Gasteiger partial charge is 0.373 e. The third kappa shape index (κ3) is 2.09. The van der Waals surface area contributed by atoms with Crippen LogP contribution in [0.15, 0.2) is 15.9 Å². The van der Waals surface area contributed by atoms with Gasteiger partial charge in [-0.3, -0.25) is 0 Å². The van der Waals surface area contributed by atoms with E-state index in [2.05, 4.69) is 42.7 Å². The zero-order valence-electron chi connectivity index (χ0n) is 9.16. The Bertz CT molecular complexity index is 568. The number of halogens is 1. The number of hydrogen-bond donors (Lipinski definition) is 1. The molecule has 0 saturated heterocycles. The van der Waals surface area contributed by atoms with Crippen molar-refractivity contribution in [2.45, 2.75) is 11.5 Å². The van der Waals surface area contributed by atoms with Crippen LogP contribution in [-0.2, 0) is 11.5 Å². The minimum absolute atomic E-state index is 0.825. The van der Waals surface area contributed by atoms with E-state index in [1.807, 2.05) is 18.8 Å². The second-order valence-corrected chi connectivity index (χ2v) is 6.51. The van der Waals surface area contributed by atoms with Crippen LogP contribution >= 0.6 is 39.0 Å². The van der Waals surface area contributed by atoms with Crippen molar-refractivity contribution in [3.05, 3.63) is 27.2 Å². The molecule has 0 fully saturated rings. The van der Waals surface area contributed by atoms with Gasteiger partial charge in [0.25, 0.3) is 0 Å². The van der Waals surface area contributed by atoms with Crippen LogP contribution in [0.1, 0.15) is 11.3 Å². The third-order valence-electron chi connectivity index (χ3n) is 2.60. The number of aromatic nitrogens is 2. The molecule has 2 aromatic heterocycles. The topological polar surface area (TPSA) is 37.8 Å². The van der Waals surface area contributed by atoms with Gasteiger partial charge >= 0.3 is 0 Å². The van der Waals surface area contributed by atoms with Gasteiger partial charge in [-0.25, -0.2) is 9.97 Å². The third-order valence-corrected chi connectivity index (χ3v) is 5.26. The molecule has 0 saturated carbocycles. The first kappa shape index (κ1) is 11.5. The maximum absolute atomic E-state index is 4.66. The van der Waals surface area contributed by atoms with Crippen molar-refractivity contribution in [1.29, 1.82) is 0 Å². The number of anilines is 1. The van der Waals surface area contributed by atoms with Gasteiger partial charge in [0.2, 0.25) is 0 Å². The smallest absolute Gasteiger partial charge is 0.171 e. The zero-order valence-corrected chi connectivity index (χ0v) is 12.4. The average molecular weight is 328 g/mol. The number of rotatable bonds is 2. The summed E-state index contributed by atoms with van der Waals surface area (Å²) in [7, 11) is 1.92. The fraction of sp³-hybridized carbons (Fsp3) is 0.273. The Labute approximate surface area is 116 Å². The lowest BCUT2D eigenvalue weighted by molar-refractivity contribution is 1.08. The molecule has 3 nitrogen and oxygen atoms in total. The van der Waals surface area contributed by atoms with Crippen LogP contribution in [-0.4, -0.2) is 17.0 Å². The molecule has 88 valence electrons. The summed E-state index contributed by atoms with van der Waals surface area (Å²) in [4.78, 5) is 10.4. The van der Waals surface area contributed by atoms with E-state index < -0.39 is 0 Å². The minimum Gasteiger partial charge on any atom is -0.373 e. The molecule has 3 heterocycles. The summed E-state index contributed by atoms with van der Waals surface area (Å²) < 4.78 is 1.09. The van der Waals surface area contributed by atoms with Gasteiger partial charge in [-0.15, -0.1) is 11.3 Å². The Morgan fingerprint density at radius 1 is 1.35 bits per heavy atom. The second kappa shape index (κ2) is 4.59.